The Labute approximate surface area is 749 Å². The quantitative estimate of drug-likeness (QED) is 0.0279. The highest BCUT2D eigenvalue weighted by atomic mass is 16.5. The fraction of sp³-hybridized carbons (Fsp3) is 0.851. The average Bonchev–Trinajstić information content (AvgIpc) is 0.884. The average molecular weight is 1780 g/mol. The minimum absolute atomic E-state index is 0.193. The molecule has 6 heterocycles. The first-order valence-electron chi connectivity index (χ1n) is 46.0. The number of hydroxylamine groups is 15. The second kappa shape index (κ2) is 85.7. The van der Waals surface area contributed by atoms with Crippen LogP contribution in [0.4, 0.5) is 0 Å². The Morgan fingerprint density at radius 3 is 0.831 bits per heavy atom. The summed E-state index contributed by atoms with van der Waals surface area (Å²) >= 11 is 0. The summed E-state index contributed by atoms with van der Waals surface area (Å²) in [5, 5.41) is 77.9. The van der Waals surface area contributed by atoms with E-state index in [2.05, 4.69) is 77.5 Å². The maximum absolute atomic E-state index is 11.9. The van der Waals surface area contributed by atoms with E-state index in [1.54, 1.807) is 31.2 Å². The topological polar surface area (TPSA) is 430 Å². The number of likely N-dealkylation sites (N-methyl/N-ethyl adjacent to an activating group) is 2. The lowest BCUT2D eigenvalue weighted by Gasteiger charge is -2.27. The van der Waals surface area contributed by atoms with Gasteiger partial charge in [0.15, 0.2) is 0 Å². The zero-order valence-corrected chi connectivity index (χ0v) is 80.6. The number of hydrogen-bond acceptors (Lipinski definition) is 30. The fourth-order valence-corrected chi connectivity index (χ4v) is 12.8. The van der Waals surface area contributed by atoms with Crippen molar-refractivity contribution >= 4 is 41.4 Å². The van der Waals surface area contributed by atoms with Crippen LogP contribution in [0.2, 0.25) is 0 Å². The van der Waals surface area contributed by atoms with Crippen molar-refractivity contribution in [3.05, 3.63) is 35.9 Å². The van der Waals surface area contributed by atoms with Gasteiger partial charge in [-0.1, -0.05) is 77.5 Å². The molecular weight excluding hydrogens is 1590 g/mol. The van der Waals surface area contributed by atoms with E-state index < -0.39 is 0 Å². The normalized spacial score (nSPS) is 15.6. The number of likely N-dealkylation sites (tertiary alicyclic amines) is 6. The molecule has 0 unspecified atom stereocenters. The molecule has 124 heavy (non-hydrogen) atoms. The summed E-state index contributed by atoms with van der Waals surface area (Å²) in [6.45, 7) is 44.2. The number of carbonyl (C=O) groups excluding carboxylic acids is 7. The van der Waals surface area contributed by atoms with Gasteiger partial charge in [0.2, 0.25) is 35.4 Å². The molecule has 0 spiro atoms. The number of nitrogens with zero attached hydrogens (tertiary/aromatic N) is 18. The lowest BCUT2D eigenvalue weighted by Crippen LogP contribution is -2.38. The Hall–Kier alpha value is -5.41. The minimum atomic E-state index is -0.326. The van der Waals surface area contributed by atoms with Gasteiger partial charge in [-0.2, -0.15) is 0 Å². The zero-order valence-electron chi connectivity index (χ0n) is 80.6. The van der Waals surface area contributed by atoms with Crippen LogP contribution < -0.4 is 22.7 Å². The van der Waals surface area contributed by atoms with Gasteiger partial charge >= 0.3 is 0 Å². The number of piperidine rings is 6. The van der Waals surface area contributed by atoms with Gasteiger partial charge < -0.3 is 76.3 Å². The van der Waals surface area contributed by atoms with Gasteiger partial charge in [0, 0.05) is 119 Å². The van der Waals surface area contributed by atoms with E-state index >= 15 is 0 Å². The minimum Gasteiger partial charge on any atom is -0.330 e. The molecule has 1 aromatic carbocycles. The van der Waals surface area contributed by atoms with E-state index in [1.165, 1.54) is 163 Å². The Balaban J connectivity index is -0.000000646. The zero-order chi connectivity index (χ0) is 94.3. The first kappa shape index (κ1) is 125. The van der Waals surface area contributed by atoms with E-state index in [9.17, 15) is 44.0 Å². The van der Waals surface area contributed by atoms with Crippen LogP contribution in [-0.2, 0) is 28.8 Å². The van der Waals surface area contributed by atoms with E-state index in [-0.39, 0.29) is 41.4 Å². The van der Waals surface area contributed by atoms with Crippen molar-refractivity contribution in [3.8, 4) is 0 Å². The molecule has 6 aliphatic rings. The highest BCUT2D eigenvalue weighted by molar-refractivity contribution is 5.93. The van der Waals surface area contributed by atoms with Gasteiger partial charge in [-0.25, -0.2) is 40.9 Å². The summed E-state index contributed by atoms with van der Waals surface area (Å²) in [6, 6.07) is 8.88. The Morgan fingerprint density at radius 2 is 0.581 bits per heavy atom. The third-order valence-corrected chi connectivity index (χ3v) is 20.7. The maximum Gasteiger partial charge on any atom is 0.277 e. The molecule has 37 nitrogen and oxygen atoms in total. The number of rotatable bonds is 37. The summed E-state index contributed by atoms with van der Waals surface area (Å²) in [5.74, 6) is -1.98. The second-order valence-corrected chi connectivity index (χ2v) is 32.9. The van der Waals surface area contributed by atoms with Crippen LogP contribution in [0, 0.1) is 0 Å². The Bertz CT molecular complexity index is 2540. The van der Waals surface area contributed by atoms with E-state index in [1.807, 2.05) is 58.2 Å². The first-order chi connectivity index (χ1) is 59.0. The van der Waals surface area contributed by atoms with Crippen molar-refractivity contribution in [2.75, 3.05) is 292 Å². The van der Waals surface area contributed by atoms with Crippen molar-refractivity contribution in [2.45, 2.75) is 197 Å². The number of benzene rings is 1. The van der Waals surface area contributed by atoms with Crippen molar-refractivity contribution in [2.24, 2.45) is 17.2 Å². The SMILES string of the molecule is CC(=O)N(O)CCCN(C)C.CC(=O)N(O)CCN(C)C.CC(=O)N(O)CCN1CCCCC1.CC(=O)N(O)CCN1CCCCC1.CC(=O)N(O)CCN1CCCCC1.CCC(=O)N(O)CCN1CCCCC1.CCN(CC)CCCN.CN(C)CCCN.CN(C)CCN.O=C(c1ccccc1)N(O)CCN1CCCCC1.ONCCN1CCCCC1. The number of nitrogens with two attached hydrogens (primary N) is 3. The lowest BCUT2D eigenvalue weighted by molar-refractivity contribution is -0.165. The van der Waals surface area contributed by atoms with Crippen LogP contribution in [-0.4, -0.2) is 464 Å². The first-order valence-corrected chi connectivity index (χ1v) is 46.0. The van der Waals surface area contributed by atoms with Crippen LogP contribution in [0.25, 0.3) is 0 Å². The van der Waals surface area contributed by atoms with Crippen LogP contribution in [0.15, 0.2) is 30.3 Å². The number of amides is 7. The molecule has 6 aliphatic heterocycles. The predicted molar refractivity (Wildman–Crippen MR) is 493 cm³/mol. The molecule has 6 saturated heterocycles. The van der Waals surface area contributed by atoms with Gasteiger partial charge in [0.25, 0.3) is 5.91 Å². The predicted octanol–water partition coefficient (Wildman–Crippen LogP) is 5.73. The molecule has 0 radical (unpaired) electrons. The lowest BCUT2D eigenvalue weighted by atomic mass is 10.1. The van der Waals surface area contributed by atoms with Crippen LogP contribution >= 0.6 is 0 Å². The van der Waals surface area contributed by atoms with Crippen LogP contribution in [0.1, 0.15) is 207 Å². The van der Waals surface area contributed by atoms with E-state index in [0.29, 0.717) is 76.0 Å². The molecule has 7 rings (SSSR count). The van der Waals surface area contributed by atoms with Gasteiger partial charge in [-0.3, -0.25) is 70.0 Å². The largest absolute Gasteiger partial charge is 0.330 e. The van der Waals surface area contributed by atoms with Crippen LogP contribution in [0.3, 0.4) is 0 Å². The van der Waals surface area contributed by atoms with Crippen molar-refractivity contribution in [1.82, 2.24) is 94.8 Å². The number of carbonyl (C=O) groups is 7. The smallest absolute Gasteiger partial charge is 0.277 e. The maximum atomic E-state index is 11.9. The van der Waals surface area contributed by atoms with Crippen molar-refractivity contribution < 1.29 is 75.2 Å². The van der Waals surface area contributed by atoms with Gasteiger partial charge in [0.1, 0.15) is 0 Å². The molecular formula is C87H184N22O15. The molecule has 7 amide bonds. The molecule has 6 fully saturated rings. The van der Waals surface area contributed by atoms with Crippen molar-refractivity contribution in [3.63, 3.8) is 0 Å². The summed E-state index contributed by atoms with van der Waals surface area (Å²) in [6.07, 6.45) is 26.3. The summed E-state index contributed by atoms with van der Waals surface area (Å²) in [7, 11) is 15.8. The van der Waals surface area contributed by atoms with Gasteiger partial charge in [0.05, 0.1) is 39.3 Å². The molecule has 1 aromatic rings. The fourth-order valence-electron chi connectivity index (χ4n) is 12.8. The second-order valence-electron chi connectivity index (χ2n) is 32.9. The summed E-state index contributed by atoms with van der Waals surface area (Å²) in [5.41, 5.74) is 18.5. The third-order valence-electron chi connectivity index (χ3n) is 20.7. The van der Waals surface area contributed by atoms with Crippen LogP contribution in [0.5, 0.6) is 0 Å². The molecule has 0 saturated carbocycles. The van der Waals surface area contributed by atoms with Crippen molar-refractivity contribution in [1.29, 1.82) is 0 Å². The Kier molecular flexibility index (Phi) is 86.3. The summed E-state index contributed by atoms with van der Waals surface area (Å²) < 4.78 is 0. The Morgan fingerprint density at radius 1 is 0.315 bits per heavy atom. The standard InChI is InChI=1S/C14H20N2O2.C10H20N2O2.3C9H18N2O2.C7H16N2O2.C7H16N2O.C7H18N2.C6H14N2O2.C5H14N2.C4H12N2/c17-14(13-7-3-1-4-8-13)16(18)12-11-15-9-5-2-6-10-15;1-2-10(13)12(14)9-8-11-6-4-3-5-7-11;3*1-9(12)11(13)8-7-10-5-3-2-4-6-10;1-7(10)9(11)6-4-5-8(2)3;10-8-4-7-9-5-2-1-3-6-9;1-3-9(4-2)7-5-6-8;1-6(9)8(10)5-4-7(2)3;1-7(2)5-3-4-6;1-6(2)4-3-5/h1,3-4,7-8,18H,2,5-6,9-12H2;14H,2-9H2,1H3;3*13H,2-8H2,1H3;11H,4-6H2,1-3H3;8,10H,1-7H2;3-8H2,1-2H3;10H,4-5H2,1-3H3;3-6H2,1-2H3;3-5H2,1-2H3. The molecule has 0 atom stereocenters. The number of hydrogen-bond donors (Lipinski definition) is 12. The summed E-state index contributed by atoms with van der Waals surface area (Å²) in [4.78, 5) is 100. The number of nitrogens with one attached hydrogen (secondary N) is 1. The van der Waals surface area contributed by atoms with Gasteiger partial charge in [-0.05, 0) is 289 Å². The molecule has 37 heteroatoms. The molecule has 0 bridgehead atoms. The molecule has 732 valence electrons. The van der Waals surface area contributed by atoms with E-state index in [0.717, 1.165) is 213 Å². The monoisotopic (exact) mass is 1780 g/mol. The van der Waals surface area contributed by atoms with Gasteiger partial charge in [-0.15, -0.1) is 0 Å². The molecule has 0 aliphatic carbocycles. The third kappa shape index (κ3) is 79.9. The van der Waals surface area contributed by atoms with E-state index in [4.69, 9.17) is 48.4 Å². The molecule has 15 N–H and O–H groups in total. The molecule has 0 aromatic heterocycles. The highest BCUT2D eigenvalue weighted by Crippen LogP contribution is 2.14. The highest BCUT2D eigenvalue weighted by Gasteiger charge is 2.20.